The number of imidazole rings is 1. The molecule has 128 valence electrons. The van der Waals surface area contributed by atoms with Crippen molar-refractivity contribution in [2.75, 3.05) is 0 Å². The third-order valence-corrected chi connectivity index (χ3v) is 4.77. The van der Waals surface area contributed by atoms with Gasteiger partial charge in [0.05, 0.1) is 6.33 Å². The fourth-order valence-electron chi connectivity index (χ4n) is 2.56. The normalized spacial score (nSPS) is 10.9. The Bertz CT molecular complexity index is 979. The van der Waals surface area contributed by atoms with E-state index in [1.807, 2.05) is 23.6 Å². The fraction of sp³-hybridized carbons (Fsp3) is 0.278. The lowest BCUT2D eigenvalue weighted by molar-refractivity contribution is 0.617. The average Bonchev–Trinajstić information content (AvgIpc) is 2.97. The minimum Gasteiger partial charge on any atom is -0.328 e. The van der Waals surface area contributed by atoms with Gasteiger partial charge < -0.3 is 9.55 Å². The Morgan fingerprint density at radius 2 is 2.20 bits per heavy atom. The number of nitrogens with zero attached hydrogens (tertiary/aromatic N) is 3. The lowest BCUT2D eigenvalue weighted by Gasteiger charge is -2.05. The van der Waals surface area contributed by atoms with E-state index in [1.165, 1.54) is 11.8 Å². The zero-order valence-corrected chi connectivity index (χ0v) is 15.4. The van der Waals surface area contributed by atoms with E-state index in [4.69, 9.17) is 23.4 Å². The molecule has 7 heteroatoms. The summed E-state index contributed by atoms with van der Waals surface area (Å²) in [6.45, 7) is 2.78. The van der Waals surface area contributed by atoms with E-state index < -0.39 is 0 Å². The standard InChI is InChI=1S/C18H18ClN5S/c1-3-4-5-6-7-24-11-21-16(20)15-17(24)23-18(22-15)25-14-9-12(2)8-13(19)10-14/h1,8-11,20H,4-7H2,2H3,(H,22,23). The Morgan fingerprint density at radius 3 is 2.96 bits per heavy atom. The lowest BCUT2D eigenvalue weighted by Crippen LogP contribution is -2.12. The fourth-order valence-corrected chi connectivity index (χ4v) is 3.85. The highest BCUT2D eigenvalue weighted by molar-refractivity contribution is 7.99. The smallest absolute Gasteiger partial charge is 0.173 e. The van der Waals surface area contributed by atoms with Gasteiger partial charge in [-0.2, -0.15) is 0 Å². The van der Waals surface area contributed by atoms with Crippen molar-refractivity contribution in [3.8, 4) is 12.3 Å². The molecule has 0 aliphatic carbocycles. The number of halogens is 1. The molecule has 0 fully saturated rings. The van der Waals surface area contributed by atoms with Crippen molar-refractivity contribution in [1.82, 2.24) is 19.5 Å². The largest absolute Gasteiger partial charge is 0.328 e. The third-order valence-electron chi connectivity index (χ3n) is 3.70. The number of benzene rings is 1. The topological polar surface area (TPSA) is 70.3 Å². The molecule has 2 aromatic heterocycles. The van der Waals surface area contributed by atoms with Gasteiger partial charge in [-0.15, -0.1) is 12.3 Å². The summed E-state index contributed by atoms with van der Waals surface area (Å²) in [5, 5.41) is 9.43. The first-order valence-electron chi connectivity index (χ1n) is 7.95. The molecule has 2 heterocycles. The van der Waals surface area contributed by atoms with Crippen LogP contribution in [0.25, 0.3) is 11.2 Å². The third kappa shape index (κ3) is 4.25. The van der Waals surface area contributed by atoms with E-state index >= 15 is 0 Å². The van der Waals surface area contributed by atoms with Crippen LogP contribution < -0.4 is 5.49 Å². The number of unbranched alkanes of at least 4 members (excludes halogenated alkanes) is 2. The van der Waals surface area contributed by atoms with Crippen molar-refractivity contribution in [2.24, 2.45) is 0 Å². The molecular formula is C18H18ClN5S. The molecule has 0 saturated carbocycles. The summed E-state index contributed by atoms with van der Waals surface area (Å²) >= 11 is 7.62. The first kappa shape index (κ1) is 17.6. The Balaban J connectivity index is 1.89. The van der Waals surface area contributed by atoms with Crippen molar-refractivity contribution < 1.29 is 0 Å². The Hall–Kier alpha value is -2.23. The molecule has 0 aliphatic rings. The summed E-state index contributed by atoms with van der Waals surface area (Å²) in [4.78, 5) is 13.0. The number of hydrogen-bond donors (Lipinski definition) is 2. The zero-order valence-electron chi connectivity index (χ0n) is 13.8. The number of H-pyrrole nitrogens is 1. The zero-order chi connectivity index (χ0) is 17.8. The van der Waals surface area contributed by atoms with Crippen molar-refractivity contribution in [1.29, 1.82) is 5.41 Å². The lowest BCUT2D eigenvalue weighted by atomic mass is 10.2. The van der Waals surface area contributed by atoms with E-state index in [0.717, 1.165) is 47.1 Å². The first-order valence-corrected chi connectivity index (χ1v) is 9.14. The maximum Gasteiger partial charge on any atom is 0.173 e. The van der Waals surface area contributed by atoms with Gasteiger partial charge in [-0.25, -0.2) is 9.97 Å². The number of aromatic amines is 1. The maximum absolute atomic E-state index is 8.01. The van der Waals surface area contributed by atoms with Gasteiger partial charge in [-0.3, -0.25) is 5.41 Å². The van der Waals surface area contributed by atoms with Crippen LogP contribution in [0, 0.1) is 24.7 Å². The molecule has 0 aliphatic heterocycles. The van der Waals surface area contributed by atoms with E-state index in [0.29, 0.717) is 10.5 Å². The predicted octanol–water partition coefficient (Wildman–Crippen LogP) is 4.16. The van der Waals surface area contributed by atoms with Gasteiger partial charge in [0, 0.05) is 22.9 Å². The summed E-state index contributed by atoms with van der Waals surface area (Å²) < 4.78 is 1.97. The molecule has 0 bridgehead atoms. The summed E-state index contributed by atoms with van der Waals surface area (Å²) in [5.41, 5.74) is 2.66. The van der Waals surface area contributed by atoms with Crippen LogP contribution in [0.1, 0.15) is 24.8 Å². The van der Waals surface area contributed by atoms with Crippen molar-refractivity contribution in [3.63, 3.8) is 0 Å². The second-order valence-electron chi connectivity index (χ2n) is 5.75. The number of terminal acetylenes is 1. The summed E-state index contributed by atoms with van der Waals surface area (Å²) in [6, 6.07) is 5.87. The van der Waals surface area contributed by atoms with Crippen LogP contribution in [0.4, 0.5) is 0 Å². The number of aryl methyl sites for hydroxylation is 2. The SMILES string of the molecule is C#CCCCCn1cnc(=N)c2[nH]c(Sc3cc(C)cc(Cl)c3)nc21. The van der Waals surface area contributed by atoms with E-state index in [9.17, 15) is 0 Å². The van der Waals surface area contributed by atoms with Crippen LogP contribution >= 0.6 is 23.4 Å². The monoisotopic (exact) mass is 371 g/mol. The number of aromatic nitrogens is 4. The maximum atomic E-state index is 8.01. The van der Waals surface area contributed by atoms with Crippen molar-refractivity contribution in [2.45, 2.75) is 42.8 Å². The number of fused-ring (bicyclic) bond motifs is 1. The Kier molecular flexibility index (Phi) is 5.47. The Morgan fingerprint density at radius 1 is 1.36 bits per heavy atom. The summed E-state index contributed by atoms with van der Waals surface area (Å²) in [6.07, 6.45) is 9.64. The molecular weight excluding hydrogens is 354 g/mol. The molecule has 5 nitrogen and oxygen atoms in total. The summed E-state index contributed by atoms with van der Waals surface area (Å²) in [7, 11) is 0. The summed E-state index contributed by atoms with van der Waals surface area (Å²) in [5.74, 6) is 2.65. The first-order chi connectivity index (χ1) is 12.1. The molecule has 3 rings (SSSR count). The average molecular weight is 372 g/mol. The van der Waals surface area contributed by atoms with Crippen LogP contribution in [0.5, 0.6) is 0 Å². The highest BCUT2D eigenvalue weighted by Crippen LogP contribution is 2.29. The number of nitrogens with one attached hydrogen (secondary N) is 2. The van der Waals surface area contributed by atoms with E-state index in [-0.39, 0.29) is 5.49 Å². The van der Waals surface area contributed by atoms with Gasteiger partial charge >= 0.3 is 0 Å². The van der Waals surface area contributed by atoms with Crippen LogP contribution in [0.2, 0.25) is 5.02 Å². The highest BCUT2D eigenvalue weighted by atomic mass is 35.5. The molecule has 0 spiro atoms. The van der Waals surface area contributed by atoms with Crippen molar-refractivity contribution in [3.05, 3.63) is 40.6 Å². The molecule has 25 heavy (non-hydrogen) atoms. The minimum atomic E-state index is 0.191. The molecule has 1 aromatic carbocycles. The van der Waals surface area contributed by atoms with Crippen LogP contribution in [-0.2, 0) is 6.54 Å². The highest BCUT2D eigenvalue weighted by Gasteiger charge is 2.10. The van der Waals surface area contributed by atoms with Crippen LogP contribution in [0.3, 0.4) is 0 Å². The molecule has 0 atom stereocenters. The van der Waals surface area contributed by atoms with Gasteiger partial charge in [0.25, 0.3) is 0 Å². The van der Waals surface area contributed by atoms with Crippen LogP contribution in [0.15, 0.2) is 34.6 Å². The minimum absolute atomic E-state index is 0.191. The molecule has 0 unspecified atom stereocenters. The van der Waals surface area contributed by atoms with E-state index in [2.05, 4.69) is 26.9 Å². The second kappa shape index (κ2) is 7.77. The van der Waals surface area contributed by atoms with Gasteiger partial charge in [0.15, 0.2) is 16.3 Å². The van der Waals surface area contributed by atoms with Crippen LogP contribution in [-0.4, -0.2) is 19.5 Å². The van der Waals surface area contributed by atoms with Gasteiger partial charge in [-0.05, 0) is 43.5 Å². The van der Waals surface area contributed by atoms with Crippen molar-refractivity contribution >= 4 is 34.5 Å². The second-order valence-corrected chi connectivity index (χ2v) is 7.25. The quantitative estimate of drug-likeness (QED) is 0.505. The van der Waals surface area contributed by atoms with Gasteiger partial charge in [-0.1, -0.05) is 23.4 Å². The molecule has 0 saturated heterocycles. The number of rotatable bonds is 6. The Labute approximate surface area is 155 Å². The predicted molar refractivity (Wildman–Crippen MR) is 101 cm³/mol. The van der Waals surface area contributed by atoms with Gasteiger partial charge in [0.2, 0.25) is 0 Å². The number of hydrogen-bond acceptors (Lipinski definition) is 4. The molecule has 2 N–H and O–H groups in total. The molecule has 0 amide bonds. The van der Waals surface area contributed by atoms with Gasteiger partial charge in [0.1, 0.15) is 5.52 Å². The molecule has 3 aromatic rings. The molecule has 0 radical (unpaired) electrons. The van der Waals surface area contributed by atoms with E-state index in [1.54, 1.807) is 6.33 Å².